The van der Waals surface area contributed by atoms with E-state index in [1.807, 2.05) is 13.8 Å². The number of nitrogens with one attached hydrogen (secondary N) is 1. The number of hydrogen-bond acceptors (Lipinski definition) is 7. The van der Waals surface area contributed by atoms with Crippen LogP contribution in [0.2, 0.25) is 0 Å². The monoisotopic (exact) mass is 490 g/mol. The number of nitrogens with zero attached hydrogens (tertiary/aromatic N) is 1. The standard InChI is InChI=1S/C24H30N2O7S/c1-17(2)33-22-12-11-20(34(29,30)26-13-5-4-6-14-26)15-21(22)25-23(27)16-32-19-9-7-18(8-10-19)24(28)31-3/h7-12,15,17H,4-6,13-14,16H2,1-3H3,(H,25,27). The number of hydrogen-bond donors (Lipinski definition) is 1. The van der Waals surface area contributed by atoms with Crippen LogP contribution in [0.5, 0.6) is 11.5 Å². The molecule has 0 aliphatic carbocycles. The van der Waals surface area contributed by atoms with Crippen molar-refractivity contribution in [2.45, 2.75) is 44.1 Å². The molecular formula is C24H30N2O7S. The Hall–Kier alpha value is -3.11. The summed E-state index contributed by atoms with van der Waals surface area (Å²) in [5.74, 6) is -0.203. The smallest absolute Gasteiger partial charge is 0.337 e. The Morgan fingerprint density at radius 3 is 2.32 bits per heavy atom. The topological polar surface area (TPSA) is 111 Å². The molecule has 1 heterocycles. The summed E-state index contributed by atoms with van der Waals surface area (Å²) in [6.07, 6.45) is 2.50. The van der Waals surface area contributed by atoms with Crippen LogP contribution in [-0.2, 0) is 19.6 Å². The lowest BCUT2D eigenvalue weighted by molar-refractivity contribution is -0.118. The van der Waals surface area contributed by atoms with Gasteiger partial charge in [0.05, 0.1) is 29.4 Å². The minimum Gasteiger partial charge on any atom is -0.489 e. The predicted octanol–water partition coefficient (Wildman–Crippen LogP) is 3.45. The van der Waals surface area contributed by atoms with E-state index < -0.39 is 21.9 Å². The Balaban J connectivity index is 1.73. The van der Waals surface area contributed by atoms with Crippen LogP contribution in [0.3, 0.4) is 0 Å². The molecule has 0 saturated carbocycles. The molecule has 10 heteroatoms. The molecule has 0 radical (unpaired) electrons. The molecule has 0 atom stereocenters. The molecule has 2 aromatic carbocycles. The lowest BCUT2D eigenvalue weighted by Gasteiger charge is -2.26. The zero-order chi connectivity index (χ0) is 24.7. The van der Waals surface area contributed by atoms with Crippen LogP contribution in [0.25, 0.3) is 0 Å². The van der Waals surface area contributed by atoms with Gasteiger partial charge in [-0.05, 0) is 69.2 Å². The molecule has 1 aliphatic heterocycles. The fourth-order valence-electron chi connectivity index (χ4n) is 3.52. The SMILES string of the molecule is COC(=O)c1ccc(OCC(=O)Nc2cc(S(=O)(=O)N3CCCCC3)ccc2OC(C)C)cc1. The van der Waals surface area contributed by atoms with Crippen molar-refractivity contribution in [3.63, 3.8) is 0 Å². The third-order valence-corrected chi connectivity index (χ3v) is 7.08. The van der Waals surface area contributed by atoms with E-state index in [-0.39, 0.29) is 23.3 Å². The van der Waals surface area contributed by atoms with E-state index in [1.165, 1.54) is 35.7 Å². The first-order valence-electron chi connectivity index (χ1n) is 11.1. The summed E-state index contributed by atoms with van der Waals surface area (Å²) in [7, 11) is -2.38. The van der Waals surface area contributed by atoms with Gasteiger partial charge in [0.25, 0.3) is 5.91 Å². The molecule has 1 saturated heterocycles. The fraction of sp³-hybridized carbons (Fsp3) is 0.417. The van der Waals surface area contributed by atoms with E-state index in [1.54, 1.807) is 18.2 Å². The zero-order valence-corrected chi connectivity index (χ0v) is 20.4. The number of ether oxygens (including phenoxy) is 3. The molecule has 34 heavy (non-hydrogen) atoms. The van der Waals surface area contributed by atoms with Crippen molar-refractivity contribution < 1.29 is 32.2 Å². The average molecular weight is 491 g/mol. The highest BCUT2D eigenvalue weighted by atomic mass is 32.2. The second-order valence-corrected chi connectivity index (χ2v) is 10.1. The summed E-state index contributed by atoms with van der Waals surface area (Å²) in [6.45, 7) is 4.33. The highest BCUT2D eigenvalue weighted by molar-refractivity contribution is 7.89. The van der Waals surface area contributed by atoms with Crippen molar-refractivity contribution in [1.29, 1.82) is 0 Å². The van der Waals surface area contributed by atoms with Crippen molar-refractivity contribution in [2.24, 2.45) is 0 Å². The number of benzene rings is 2. The van der Waals surface area contributed by atoms with Crippen LogP contribution in [0.1, 0.15) is 43.5 Å². The zero-order valence-electron chi connectivity index (χ0n) is 19.6. The van der Waals surface area contributed by atoms with Gasteiger partial charge in [-0.25, -0.2) is 13.2 Å². The van der Waals surface area contributed by atoms with Gasteiger partial charge in [-0.15, -0.1) is 0 Å². The molecule has 1 N–H and O–H groups in total. The lowest BCUT2D eigenvalue weighted by atomic mass is 10.2. The summed E-state index contributed by atoms with van der Waals surface area (Å²) in [4.78, 5) is 24.2. The minimum atomic E-state index is -3.68. The van der Waals surface area contributed by atoms with Crippen LogP contribution in [-0.4, -0.2) is 57.5 Å². The summed E-state index contributed by atoms with van der Waals surface area (Å²) in [5.41, 5.74) is 0.614. The highest BCUT2D eigenvalue weighted by Gasteiger charge is 2.27. The van der Waals surface area contributed by atoms with Gasteiger partial charge in [-0.2, -0.15) is 4.31 Å². The molecule has 0 bridgehead atoms. The number of carbonyl (C=O) groups excluding carboxylic acids is 2. The molecule has 184 valence electrons. The van der Waals surface area contributed by atoms with Gasteiger partial charge >= 0.3 is 5.97 Å². The van der Waals surface area contributed by atoms with E-state index in [4.69, 9.17) is 9.47 Å². The normalized spacial score (nSPS) is 14.5. The van der Waals surface area contributed by atoms with E-state index in [0.717, 1.165) is 19.3 Å². The Labute approximate surface area is 200 Å². The molecule has 1 fully saturated rings. The van der Waals surface area contributed by atoms with E-state index in [0.29, 0.717) is 30.2 Å². The van der Waals surface area contributed by atoms with Gasteiger partial charge in [0.15, 0.2) is 6.61 Å². The summed E-state index contributed by atoms with van der Waals surface area (Å²) >= 11 is 0. The lowest BCUT2D eigenvalue weighted by Crippen LogP contribution is -2.35. The van der Waals surface area contributed by atoms with Crippen molar-refractivity contribution in [3.8, 4) is 11.5 Å². The van der Waals surface area contributed by atoms with Crippen LogP contribution in [0.4, 0.5) is 5.69 Å². The van der Waals surface area contributed by atoms with E-state index >= 15 is 0 Å². The van der Waals surface area contributed by atoms with Crippen molar-refractivity contribution in [3.05, 3.63) is 48.0 Å². The maximum atomic E-state index is 13.1. The Kier molecular flexibility index (Phi) is 8.51. The first-order chi connectivity index (χ1) is 16.2. The fourth-order valence-corrected chi connectivity index (χ4v) is 5.06. The van der Waals surface area contributed by atoms with Crippen LogP contribution in [0.15, 0.2) is 47.4 Å². The van der Waals surface area contributed by atoms with Gasteiger partial charge in [0.1, 0.15) is 11.5 Å². The van der Waals surface area contributed by atoms with Gasteiger partial charge in [-0.3, -0.25) is 4.79 Å². The molecule has 0 spiro atoms. The first kappa shape index (κ1) is 25.5. The number of carbonyl (C=O) groups is 2. The maximum absolute atomic E-state index is 13.1. The number of methoxy groups -OCH3 is 1. The van der Waals surface area contributed by atoms with Crippen LogP contribution >= 0.6 is 0 Å². The highest BCUT2D eigenvalue weighted by Crippen LogP contribution is 2.31. The summed E-state index contributed by atoms with van der Waals surface area (Å²) < 4.78 is 43.5. The maximum Gasteiger partial charge on any atom is 0.337 e. The number of amides is 1. The Morgan fingerprint density at radius 1 is 1.03 bits per heavy atom. The number of anilines is 1. The number of sulfonamides is 1. The van der Waals surface area contributed by atoms with E-state index in [2.05, 4.69) is 10.1 Å². The Morgan fingerprint density at radius 2 is 1.71 bits per heavy atom. The quantitative estimate of drug-likeness (QED) is 0.536. The Bertz CT molecular complexity index is 1110. The van der Waals surface area contributed by atoms with Crippen LogP contribution in [0, 0.1) is 0 Å². The summed E-state index contributed by atoms with van der Waals surface area (Å²) in [5, 5.41) is 2.69. The largest absolute Gasteiger partial charge is 0.489 e. The molecule has 1 aliphatic rings. The van der Waals surface area contributed by atoms with Crippen molar-refractivity contribution in [1.82, 2.24) is 4.31 Å². The summed E-state index contributed by atoms with van der Waals surface area (Å²) in [6, 6.07) is 10.6. The number of piperidine rings is 1. The van der Waals surface area contributed by atoms with Gasteiger partial charge in [0.2, 0.25) is 10.0 Å². The van der Waals surface area contributed by atoms with E-state index in [9.17, 15) is 18.0 Å². The second-order valence-electron chi connectivity index (χ2n) is 8.14. The first-order valence-corrected chi connectivity index (χ1v) is 12.6. The number of rotatable bonds is 9. The molecular weight excluding hydrogens is 460 g/mol. The number of esters is 1. The molecule has 1 amide bonds. The van der Waals surface area contributed by atoms with Crippen molar-refractivity contribution >= 4 is 27.6 Å². The minimum absolute atomic E-state index is 0.0973. The second kappa shape index (κ2) is 11.3. The molecule has 0 unspecified atom stereocenters. The van der Waals surface area contributed by atoms with Gasteiger partial charge < -0.3 is 19.5 Å². The molecule has 3 rings (SSSR count). The molecule has 9 nitrogen and oxygen atoms in total. The molecule has 2 aromatic rings. The van der Waals surface area contributed by atoms with Gasteiger partial charge in [0, 0.05) is 13.1 Å². The van der Waals surface area contributed by atoms with Gasteiger partial charge in [-0.1, -0.05) is 6.42 Å². The molecule has 0 aromatic heterocycles. The predicted molar refractivity (Wildman–Crippen MR) is 127 cm³/mol. The van der Waals surface area contributed by atoms with Crippen LogP contribution < -0.4 is 14.8 Å². The van der Waals surface area contributed by atoms with Crippen molar-refractivity contribution in [2.75, 3.05) is 32.1 Å². The average Bonchev–Trinajstić information content (AvgIpc) is 2.83. The third-order valence-electron chi connectivity index (χ3n) is 5.19. The third kappa shape index (κ3) is 6.48.